The molecule has 7 nitrogen and oxygen atoms in total. The van der Waals surface area contributed by atoms with E-state index in [9.17, 15) is 13.2 Å². The van der Waals surface area contributed by atoms with Gasteiger partial charge in [-0.3, -0.25) is 4.79 Å². The fourth-order valence-electron chi connectivity index (χ4n) is 3.67. The molecule has 0 radical (unpaired) electrons. The Bertz CT molecular complexity index is 1260. The van der Waals surface area contributed by atoms with Crippen molar-refractivity contribution in [3.63, 3.8) is 0 Å². The molecular formula is C27H30N2O5S. The van der Waals surface area contributed by atoms with Crippen molar-refractivity contribution in [1.82, 2.24) is 9.62 Å². The third kappa shape index (κ3) is 6.41. The van der Waals surface area contributed by atoms with Gasteiger partial charge >= 0.3 is 0 Å². The minimum atomic E-state index is -3.78. The number of carbonyl (C=O) groups is 1. The van der Waals surface area contributed by atoms with E-state index in [0.717, 1.165) is 29.7 Å². The number of methoxy groups -OCH3 is 1. The molecule has 1 fully saturated rings. The zero-order valence-electron chi connectivity index (χ0n) is 19.9. The molecule has 1 saturated carbocycles. The third-order valence-electron chi connectivity index (χ3n) is 5.81. The van der Waals surface area contributed by atoms with Crippen molar-refractivity contribution in [2.45, 2.75) is 43.9 Å². The number of hydrogen-bond donors (Lipinski definition) is 1. The van der Waals surface area contributed by atoms with Gasteiger partial charge in [0, 0.05) is 24.7 Å². The highest BCUT2D eigenvalue weighted by Gasteiger charge is 2.30. The van der Waals surface area contributed by atoms with Gasteiger partial charge in [0.25, 0.3) is 5.91 Å². The predicted octanol–water partition coefficient (Wildman–Crippen LogP) is 4.38. The van der Waals surface area contributed by atoms with Gasteiger partial charge < -0.3 is 14.4 Å². The van der Waals surface area contributed by atoms with E-state index in [1.54, 1.807) is 11.0 Å². The molecule has 1 N–H and O–H groups in total. The highest BCUT2D eigenvalue weighted by molar-refractivity contribution is 7.89. The summed E-state index contributed by atoms with van der Waals surface area (Å²) in [5, 5.41) is 0. The molecule has 1 aliphatic rings. The molecule has 0 heterocycles. The Hall–Kier alpha value is -3.36. The Morgan fingerprint density at radius 1 is 1.00 bits per heavy atom. The first-order chi connectivity index (χ1) is 16.9. The van der Waals surface area contributed by atoms with Crippen molar-refractivity contribution in [1.29, 1.82) is 0 Å². The molecule has 3 aromatic rings. The third-order valence-corrected chi connectivity index (χ3v) is 7.36. The molecule has 0 unspecified atom stereocenters. The summed E-state index contributed by atoms with van der Waals surface area (Å²) in [6.07, 6.45) is 1.64. The number of hydrogen-bond acceptors (Lipinski definition) is 5. The number of nitrogens with zero attached hydrogens (tertiary/aromatic N) is 1. The average Bonchev–Trinajstić information content (AvgIpc) is 3.70. The van der Waals surface area contributed by atoms with Crippen LogP contribution in [0.5, 0.6) is 11.5 Å². The quantitative estimate of drug-likeness (QED) is 0.428. The minimum Gasteiger partial charge on any atom is -0.495 e. The number of ether oxygens (including phenoxy) is 2. The summed E-state index contributed by atoms with van der Waals surface area (Å²) < 4.78 is 39.4. The summed E-state index contributed by atoms with van der Waals surface area (Å²) in [6.45, 7) is 3.24. The van der Waals surface area contributed by atoms with Crippen molar-refractivity contribution in [2.75, 3.05) is 13.7 Å². The minimum absolute atomic E-state index is 0.0197. The van der Waals surface area contributed by atoms with Crippen LogP contribution < -0.4 is 14.2 Å². The Kier molecular flexibility index (Phi) is 7.73. The largest absolute Gasteiger partial charge is 0.495 e. The van der Waals surface area contributed by atoms with E-state index >= 15 is 0 Å². The maximum Gasteiger partial charge on any atom is 0.254 e. The molecule has 0 spiro atoms. The second-order valence-electron chi connectivity index (χ2n) is 8.50. The van der Waals surface area contributed by atoms with Crippen LogP contribution in [0.1, 0.15) is 41.3 Å². The van der Waals surface area contributed by atoms with Gasteiger partial charge in [-0.05, 0) is 61.2 Å². The number of nitrogens with one attached hydrogen (secondary N) is 1. The lowest BCUT2D eigenvalue weighted by Gasteiger charge is -2.22. The van der Waals surface area contributed by atoms with Crippen LogP contribution >= 0.6 is 0 Å². The standard InChI is InChI=1S/C27H30N2O5S/c1-3-29(18-20-9-14-24(15-10-20)34-19-21-7-5-4-6-8-21)27(30)22-11-16-25(33-2)26(17-22)35(31,32)28-23-12-13-23/h4-11,14-17,23,28H,3,12-13,18-19H2,1-2H3. The Balaban J connectivity index is 1.45. The van der Waals surface area contributed by atoms with E-state index in [2.05, 4.69) is 4.72 Å². The second-order valence-corrected chi connectivity index (χ2v) is 10.2. The number of rotatable bonds is 11. The van der Waals surface area contributed by atoms with Crippen LogP contribution in [0.4, 0.5) is 0 Å². The van der Waals surface area contributed by atoms with Gasteiger partial charge in [0.1, 0.15) is 23.0 Å². The average molecular weight is 495 g/mol. The lowest BCUT2D eigenvalue weighted by molar-refractivity contribution is 0.0752. The molecule has 1 amide bonds. The monoisotopic (exact) mass is 494 g/mol. The maximum atomic E-state index is 13.3. The molecule has 35 heavy (non-hydrogen) atoms. The summed E-state index contributed by atoms with van der Waals surface area (Å²) in [5.74, 6) is 0.714. The molecule has 0 atom stereocenters. The fourth-order valence-corrected chi connectivity index (χ4v) is 5.17. The van der Waals surface area contributed by atoms with Crippen molar-refractivity contribution in [3.05, 3.63) is 89.5 Å². The van der Waals surface area contributed by atoms with Gasteiger partial charge in [0.05, 0.1) is 7.11 Å². The van der Waals surface area contributed by atoms with E-state index in [0.29, 0.717) is 25.3 Å². The van der Waals surface area contributed by atoms with Gasteiger partial charge in [-0.15, -0.1) is 0 Å². The Morgan fingerprint density at radius 2 is 1.71 bits per heavy atom. The summed E-state index contributed by atoms with van der Waals surface area (Å²) in [4.78, 5) is 14.9. The lowest BCUT2D eigenvalue weighted by atomic mass is 10.1. The molecule has 1 aliphatic carbocycles. The van der Waals surface area contributed by atoms with Crippen molar-refractivity contribution in [2.24, 2.45) is 0 Å². The summed E-state index contributed by atoms with van der Waals surface area (Å²) in [5.41, 5.74) is 2.34. The maximum absolute atomic E-state index is 13.3. The molecule has 4 rings (SSSR count). The molecule has 0 saturated heterocycles. The van der Waals surface area contributed by atoms with Crippen LogP contribution in [0.3, 0.4) is 0 Å². The lowest BCUT2D eigenvalue weighted by Crippen LogP contribution is -2.31. The van der Waals surface area contributed by atoms with Gasteiger partial charge in [0.15, 0.2) is 0 Å². The van der Waals surface area contributed by atoms with Crippen LogP contribution in [0, 0.1) is 0 Å². The first kappa shape index (κ1) is 24.8. The van der Waals surface area contributed by atoms with Gasteiger partial charge in [-0.2, -0.15) is 0 Å². The Morgan fingerprint density at radius 3 is 2.34 bits per heavy atom. The van der Waals surface area contributed by atoms with Crippen LogP contribution in [-0.2, 0) is 23.2 Å². The number of amides is 1. The van der Waals surface area contributed by atoms with Gasteiger partial charge in [-0.1, -0.05) is 42.5 Å². The van der Waals surface area contributed by atoms with E-state index in [1.165, 1.54) is 19.2 Å². The molecule has 8 heteroatoms. The van der Waals surface area contributed by atoms with Gasteiger partial charge in [-0.25, -0.2) is 13.1 Å². The normalized spacial score (nSPS) is 13.3. The molecule has 0 aliphatic heterocycles. The van der Waals surface area contributed by atoms with Crippen molar-refractivity contribution < 1.29 is 22.7 Å². The summed E-state index contributed by atoms with van der Waals surface area (Å²) in [6, 6.07) is 22.1. The Labute approximate surface area is 206 Å². The van der Waals surface area contributed by atoms with E-state index in [4.69, 9.17) is 9.47 Å². The predicted molar refractivity (Wildman–Crippen MR) is 134 cm³/mol. The van der Waals surface area contributed by atoms with Crippen LogP contribution in [0.25, 0.3) is 0 Å². The van der Waals surface area contributed by atoms with E-state index < -0.39 is 10.0 Å². The number of benzene rings is 3. The van der Waals surface area contributed by atoms with E-state index in [-0.39, 0.29) is 22.6 Å². The SMILES string of the molecule is CCN(Cc1ccc(OCc2ccccc2)cc1)C(=O)c1ccc(OC)c(S(=O)(=O)NC2CC2)c1. The molecule has 3 aromatic carbocycles. The molecule has 0 aromatic heterocycles. The van der Waals surface area contributed by atoms with Crippen LogP contribution in [0.2, 0.25) is 0 Å². The number of sulfonamides is 1. The van der Waals surface area contributed by atoms with Crippen molar-refractivity contribution >= 4 is 15.9 Å². The molecule has 0 bridgehead atoms. The zero-order chi connectivity index (χ0) is 24.8. The van der Waals surface area contributed by atoms with Crippen LogP contribution in [-0.4, -0.2) is 38.9 Å². The zero-order valence-corrected chi connectivity index (χ0v) is 20.8. The van der Waals surface area contributed by atoms with Crippen LogP contribution in [0.15, 0.2) is 77.7 Å². The molecule has 184 valence electrons. The highest BCUT2D eigenvalue weighted by Crippen LogP contribution is 2.29. The smallest absolute Gasteiger partial charge is 0.254 e. The molecular weight excluding hydrogens is 464 g/mol. The second kappa shape index (κ2) is 10.9. The van der Waals surface area contributed by atoms with Crippen molar-refractivity contribution in [3.8, 4) is 11.5 Å². The summed E-state index contributed by atoms with van der Waals surface area (Å²) >= 11 is 0. The fraction of sp³-hybridized carbons (Fsp3) is 0.296. The highest BCUT2D eigenvalue weighted by atomic mass is 32.2. The topological polar surface area (TPSA) is 84.9 Å². The first-order valence-electron chi connectivity index (χ1n) is 11.6. The summed E-state index contributed by atoms with van der Waals surface area (Å²) in [7, 11) is -2.36. The van der Waals surface area contributed by atoms with Gasteiger partial charge in [0.2, 0.25) is 10.0 Å². The first-order valence-corrected chi connectivity index (χ1v) is 13.1. The number of carbonyl (C=O) groups excluding carboxylic acids is 1. The van der Waals surface area contributed by atoms with E-state index in [1.807, 2.05) is 61.5 Å².